The average Bonchev–Trinajstić information content (AvgIpc) is 3.38. The van der Waals surface area contributed by atoms with E-state index in [9.17, 15) is 4.79 Å². The van der Waals surface area contributed by atoms with E-state index in [1.807, 2.05) is 60.7 Å². The van der Waals surface area contributed by atoms with Gasteiger partial charge in [-0.15, -0.1) is 0 Å². The number of hydrogen-bond acceptors (Lipinski definition) is 5. The third kappa shape index (κ3) is 5.18. The van der Waals surface area contributed by atoms with E-state index in [4.69, 9.17) is 4.74 Å². The van der Waals surface area contributed by atoms with Gasteiger partial charge >= 0.3 is 0 Å². The molecule has 0 unspecified atom stereocenters. The van der Waals surface area contributed by atoms with Gasteiger partial charge in [-0.2, -0.15) is 0 Å². The standard InChI is InChI=1S/C27H26N4O2/c32-27(22-10-8-21(9-11-22)20-6-2-1-3-7-20)29-23-12-13-24-25(18-23)28-19-26(30-24)33-17-16-31-14-4-5-15-31/h1-3,6-13,18-19H,4-5,14-17H2,(H,29,32). The smallest absolute Gasteiger partial charge is 0.255 e. The number of hydrogen-bond donors (Lipinski definition) is 1. The Kier molecular flexibility index (Phi) is 6.26. The van der Waals surface area contributed by atoms with Crippen molar-refractivity contribution >= 4 is 22.6 Å². The van der Waals surface area contributed by atoms with Crippen molar-refractivity contribution in [1.82, 2.24) is 14.9 Å². The van der Waals surface area contributed by atoms with E-state index in [1.54, 1.807) is 6.20 Å². The molecule has 1 N–H and O–H groups in total. The lowest BCUT2D eigenvalue weighted by Crippen LogP contribution is -2.25. The lowest BCUT2D eigenvalue weighted by molar-refractivity contribution is 0.102. The van der Waals surface area contributed by atoms with Crippen molar-refractivity contribution in [3.05, 3.63) is 84.6 Å². The van der Waals surface area contributed by atoms with Crippen LogP contribution in [0.5, 0.6) is 5.88 Å². The number of rotatable bonds is 7. The molecule has 0 radical (unpaired) electrons. The number of aromatic nitrogens is 2. The van der Waals surface area contributed by atoms with Gasteiger partial charge in [0.05, 0.1) is 17.2 Å². The van der Waals surface area contributed by atoms with Gasteiger partial charge in [0, 0.05) is 17.8 Å². The van der Waals surface area contributed by atoms with Gasteiger partial charge in [-0.05, 0) is 67.4 Å². The zero-order valence-electron chi connectivity index (χ0n) is 18.4. The van der Waals surface area contributed by atoms with Gasteiger partial charge in [0.15, 0.2) is 0 Å². The van der Waals surface area contributed by atoms with Crippen LogP contribution >= 0.6 is 0 Å². The normalized spacial score (nSPS) is 13.8. The molecule has 1 fully saturated rings. The zero-order valence-corrected chi connectivity index (χ0v) is 18.4. The first-order valence-corrected chi connectivity index (χ1v) is 11.3. The van der Waals surface area contributed by atoms with Gasteiger partial charge < -0.3 is 10.1 Å². The number of anilines is 1. The van der Waals surface area contributed by atoms with Gasteiger partial charge in [0.1, 0.15) is 6.61 Å². The Bertz CT molecular complexity index is 1240. The molecule has 1 saturated heterocycles. The molecule has 5 rings (SSSR count). The summed E-state index contributed by atoms with van der Waals surface area (Å²) in [5.74, 6) is 0.362. The molecular weight excluding hydrogens is 412 g/mol. The topological polar surface area (TPSA) is 67.3 Å². The van der Waals surface area contributed by atoms with Crippen LogP contribution in [0.3, 0.4) is 0 Å². The molecule has 3 aromatic carbocycles. The molecule has 0 atom stereocenters. The van der Waals surface area contributed by atoms with Crippen molar-refractivity contribution < 1.29 is 9.53 Å². The average molecular weight is 439 g/mol. The molecule has 0 aliphatic carbocycles. The third-order valence-electron chi connectivity index (χ3n) is 5.89. The first-order valence-electron chi connectivity index (χ1n) is 11.3. The van der Waals surface area contributed by atoms with Crippen molar-refractivity contribution in [3.63, 3.8) is 0 Å². The second-order valence-electron chi connectivity index (χ2n) is 8.21. The fourth-order valence-electron chi connectivity index (χ4n) is 4.07. The fraction of sp³-hybridized carbons (Fsp3) is 0.222. The van der Waals surface area contributed by atoms with Crippen LogP contribution in [0.25, 0.3) is 22.2 Å². The molecule has 1 amide bonds. The Balaban J connectivity index is 1.21. The molecule has 0 bridgehead atoms. The molecule has 166 valence electrons. The highest BCUT2D eigenvalue weighted by Gasteiger charge is 2.12. The van der Waals surface area contributed by atoms with Gasteiger partial charge in [0.2, 0.25) is 5.88 Å². The van der Waals surface area contributed by atoms with Crippen molar-refractivity contribution in [2.45, 2.75) is 12.8 Å². The monoisotopic (exact) mass is 438 g/mol. The molecular formula is C27H26N4O2. The number of nitrogens with zero attached hydrogens (tertiary/aromatic N) is 3. The van der Waals surface area contributed by atoms with Crippen LogP contribution in [0, 0.1) is 0 Å². The maximum atomic E-state index is 12.7. The lowest BCUT2D eigenvalue weighted by atomic mass is 10.0. The molecule has 1 aromatic heterocycles. The number of likely N-dealkylation sites (tertiary alicyclic amines) is 1. The van der Waals surface area contributed by atoms with E-state index in [1.165, 1.54) is 12.8 Å². The van der Waals surface area contributed by atoms with Crippen LogP contribution in [-0.2, 0) is 0 Å². The van der Waals surface area contributed by atoms with E-state index in [2.05, 4.69) is 32.3 Å². The first-order chi connectivity index (χ1) is 16.2. The maximum Gasteiger partial charge on any atom is 0.255 e. The minimum atomic E-state index is -0.163. The van der Waals surface area contributed by atoms with E-state index in [0.29, 0.717) is 29.3 Å². The second kappa shape index (κ2) is 9.79. The molecule has 6 heteroatoms. The van der Waals surface area contributed by atoms with Crippen LogP contribution < -0.4 is 10.1 Å². The fourth-order valence-corrected chi connectivity index (χ4v) is 4.07. The van der Waals surface area contributed by atoms with Gasteiger partial charge in [-0.1, -0.05) is 42.5 Å². The number of ether oxygens (including phenoxy) is 1. The van der Waals surface area contributed by atoms with Crippen LogP contribution in [0.15, 0.2) is 79.0 Å². The van der Waals surface area contributed by atoms with Crippen molar-refractivity contribution in [3.8, 4) is 17.0 Å². The van der Waals surface area contributed by atoms with E-state index in [0.717, 1.165) is 36.3 Å². The lowest BCUT2D eigenvalue weighted by Gasteiger charge is -2.14. The summed E-state index contributed by atoms with van der Waals surface area (Å²) in [6.07, 6.45) is 4.18. The number of amides is 1. The minimum Gasteiger partial charge on any atom is -0.475 e. The molecule has 0 saturated carbocycles. The molecule has 33 heavy (non-hydrogen) atoms. The molecule has 1 aliphatic heterocycles. The number of benzene rings is 3. The number of nitrogens with one attached hydrogen (secondary N) is 1. The summed E-state index contributed by atoms with van der Waals surface area (Å²) in [5.41, 5.74) is 4.92. The van der Waals surface area contributed by atoms with Crippen molar-refractivity contribution in [2.24, 2.45) is 0 Å². The van der Waals surface area contributed by atoms with Gasteiger partial charge in [-0.3, -0.25) is 9.69 Å². The highest BCUT2D eigenvalue weighted by atomic mass is 16.5. The second-order valence-corrected chi connectivity index (χ2v) is 8.21. The minimum absolute atomic E-state index is 0.163. The van der Waals surface area contributed by atoms with E-state index >= 15 is 0 Å². The summed E-state index contributed by atoms with van der Waals surface area (Å²) in [5, 5.41) is 2.95. The van der Waals surface area contributed by atoms with E-state index in [-0.39, 0.29) is 5.91 Å². The summed E-state index contributed by atoms with van der Waals surface area (Å²) >= 11 is 0. The number of fused-ring (bicyclic) bond motifs is 1. The molecule has 2 heterocycles. The highest BCUT2D eigenvalue weighted by Crippen LogP contribution is 2.21. The van der Waals surface area contributed by atoms with Gasteiger partial charge in [-0.25, -0.2) is 9.97 Å². The Morgan fingerprint density at radius 1 is 0.909 bits per heavy atom. The molecule has 6 nitrogen and oxygen atoms in total. The number of carbonyl (C=O) groups is 1. The maximum absolute atomic E-state index is 12.7. The Labute approximate surface area is 193 Å². The predicted molar refractivity (Wildman–Crippen MR) is 131 cm³/mol. The number of carbonyl (C=O) groups excluding carboxylic acids is 1. The Morgan fingerprint density at radius 2 is 1.67 bits per heavy atom. The highest BCUT2D eigenvalue weighted by molar-refractivity contribution is 6.05. The molecule has 4 aromatic rings. The largest absolute Gasteiger partial charge is 0.475 e. The van der Waals surface area contributed by atoms with Gasteiger partial charge in [0.25, 0.3) is 5.91 Å². The SMILES string of the molecule is O=C(Nc1ccc2nc(OCCN3CCCC3)cnc2c1)c1ccc(-c2ccccc2)cc1. The summed E-state index contributed by atoms with van der Waals surface area (Å²) in [4.78, 5) is 24.1. The first kappa shape index (κ1) is 21.1. The van der Waals surface area contributed by atoms with Crippen LogP contribution in [0.1, 0.15) is 23.2 Å². The van der Waals surface area contributed by atoms with Crippen LogP contribution in [0.2, 0.25) is 0 Å². The Morgan fingerprint density at radius 3 is 2.45 bits per heavy atom. The summed E-state index contributed by atoms with van der Waals surface area (Å²) in [6.45, 7) is 3.82. The summed E-state index contributed by atoms with van der Waals surface area (Å²) in [7, 11) is 0. The van der Waals surface area contributed by atoms with E-state index < -0.39 is 0 Å². The van der Waals surface area contributed by atoms with Crippen LogP contribution in [-0.4, -0.2) is 47.0 Å². The van der Waals surface area contributed by atoms with Crippen molar-refractivity contribution in [2.75, 3.05) is 31.6 Å². The van der Waals surface area contributed by atoms with Crippen molar-refractivity contribution in [1.29, 1.82) is 0 Å². The van der Waals surface area contributed by atoms with Crippen LogP contribution in [0.4, 0.5) is 5.69 Å². The summed E-state index contributed by atoms with van der Waals surface area (Å²) < 4.78 is 5.79. The molecule has 1 aliphatic rings. The zero-order chi connectivity index (χ0) is 22.5. The third-order valence-corrected chi connectivity index (χ3v) is 5.89. The summed E-state index contributed by atoms with van der Waals surface area (Å²) in [6, 6.07) is 23.2. The Hall–Kier alpha value is -3.77. The quantitative estimate of drug-likeness (QED) is 0.439. The molecule has 0 spiro atoms. The predicted octanol–water partition coefficient (Wildman–Crippen LogP) is 5.02.